The van der Waals surface area contributed by atoms with Crippen molar-refractivity contribution in [3.8, 4) is 0 Å². The summed E-state index contributed by atoms with van der Waals surface area (Å²) in [6.45, 7) is 5.09. The fourth-order valence-electron chi connectivity index (χ4n) is 3.75. The van der Waals surface area contributed by atoms with Crippen LogP contribution in [0, 0.1) is 5.92 Å². The Morgan fingerprint density at radius 2 is 1.36 bits per heavy atom. The second-order valence-corrected chi connectivity index (χ2v) is 7.93. The van der Waals surface area contributed by atoms with E-state index in [0.29, 0.717) is 0 Å². The number of hydrogen-bond donors (Lipinski definition) is 2. The molecule has 1 unspecified atom stereocenters. The van der Waals surface area contributed by atoms with Gasteiger partial charge in [-0.15, -0.1) is 0 Å². The van der Waals surface area contributed by atoms with Gasteiger partial charge < -0.3 is 10.6 Å². The summed E-state index contributed by atoms with van der Waals surface area (Å²) in [5.74, 6) is 0.474. The first kappa shape index (κ1) is 22.5. The molecule has 1 amide bonds. The van der Waals surface area contributed by atoms with E-state index in [1.54, 1.807) is 0 Å². The molecule has 1 rings (SSSR count). The highest BCUT2D eigenvalue weighted by Gasteiger charge is 2.19. The van der Waals surface area contributed by atoms with Gasteiger partial charge in [0, 0.05) is 13.1 Å². The summed E-state index contributed by atoms with van der Waals surface area (Å²) in [7, 11) is 0. The van der Waals surface area contributed by atoms with Crippen LogP contribution in [0.4, 0.5) is 0 Å². The van der Waals surface area contributed by atoms with Crippen LogP contribution in [-0.2, 0) is 4.79 Å². The molecular weight excluding hydrogens is 308 g/mol. The van der Waals surface area contributed by atoms with Crippen LogP contribution in [0.5, 0.6) is 0 Å². The van der Waals surface area contributed by atoms with Crippen molar-refractivity contribution >= 4 is 5.91 Å². The Morgan fingerprint density at radius 3 is 1.84 bits per heavy atom. The molecule has 0 bridgehead atoms. The van der Waals surface area contributed by atoms with Crippen molar-refractivity contribution in [2.45, 2.75) is 110 Å². The highest BCUT2D eigenvalue weighted by Crippen LogP contribution is 2.13. The zero-order valence-corrected chi connectivity index (χ0v) is 16.9. The van der Waals surface area contributed by atoms with Gasteiger partial charge in [-0.1, -0.05) is 90.4 Å². The lowest BCUT2D eigenvalue weighted by atomic mass is 9.99. The maximum Gasteiger partial charge on any atom is 0.224 e. The van der Waals surface area contributed by atoms with Crippen LogP contribution in [0.3, 0.4) is 0 Å². The zero-order valence-electron chi connectivity index (χ0n) is 16.9. The lowest BCUT2D eigenvalue weighted by Crippen LogP contribution is -2.40. The quantitative estimate of drug-likeness (QED) is 0.356. The fraction of sp³-hybridized carbons (Fsp3) is 0.955. The van der Waals surface area contributed by atoms with Crippen molar-refractivity contribution in [3.63, 3.8) is 0 Å². The van der Waals surface area contributed by atoms with Gasteiger partial charge in [-0.2, -0.15) is 0 Å². The number of hydrogen-bond acceptors (Lipinski definition) is 2. The van der Waals surface area contributed by atoms with Gasteiger partial charge in [0.1, 0.15) is 0 Å². The van der Waals surface area contributed by atoms with Crippen LogP contribution < -0.4 is 10.6 Å². The van der Waals surface area contributed by atoms with E-state index in [0.717, 1.165) is 38.9 Å². The van der Waals surface area contributed by atoms with Gasteiger partial charge in [0.2, 0.25) is 5.91 Å². The van der Waals surface area contributed by atoms with Crippen LogP contribution in [0.15, 0.2) is 0 Å². The molecule has 0 spiro atoms. The average molecular weight is 353 g/mol. The summed E-state index contributed by atoms with van der Waals surface area (Å²) >= 11 is 0. The molecule has 2 N–H and O–H groups in total. The minimum absolute atomic E-state index is 0.209. The summed E-state index contributed by atoms with van der Waals surface area (Å²) in [5, 5.41) is 6.43. The first-order chi connectivity index (χ1) is 12.3. The Bertz CT molecular complexity index is 300. The number of rotatable bonds is 16. The van der Waals surface area contributed by atoms with Crippen LogP contribution in [0.1, 0.15) is 110 Å². The SMILES string of the molecule is CCCCCCCCCCCCCCCCNC(=O)C1CCCNC1. The number of piperidine rings is 1. The van der Waals surface area contributed by atoms with Gasteiger partial charge >= 0.3 is 0 Å². The van der Waals surface area contributed by atoms with Crippen molar-refractivity contribution in [1.29, 1.82) is 0 Å². The van der Waals surface area contributed by atoms with E-state index in [2.05, 4.69) is 17.6 Å². The molecule has 0 aliphatic carbocycles. The summed E-state index contributed by atoms with van der Waals surface area (Å²) in [5.41, 5.74) is 0. The van der Waals surface area contributed by atoms with Crippen molar-refractivity contribution in [3.05, 3.63) is 0 Å². The van der Waals surface area contributed by atoms with E-state index in [1.165, 1.54) is 83.5 Å². The highest BCUT2D eigenvalue weighted by molar-refractivity contribution is 5.78. The van der Waals surface area contributed by atoms with E-state index < -0.39 is 0 Å². The van der Waals surface area contributed by atoms with E-state index in [4.69, 9.17) is 0 Å². The van der Waals surface area contributed by atoms with Gasteiger partial charge in [-0.25, -0.2) is 0 Å². The molecule has 1 aliphatic rings. The number of unbranched alkanes of at least 4 members (excludes halogenated alkanes) is 13. The first-order valence-electron chi connectivity index (χ1n) is 11.3. The molecule has 3 heteroatoms. The molecule has 1 heterocycles. The van der Waals surface area contributed by atoms with Crippen molar-refractivity contribution in [1.82, 2.24) is 10.6 Å². The molecule has 25 heavy (non-hydrogen) atoms. The number of nitrogens with one attached hydrogen (secondary N) is 2. The lowest BCUT2D eigenvalue weighted by molar-refractivity contribution is -0.125. The third kappa shape index (κ3) is 13.3. The van der Waals surface area contributed by atoms with Crippen molar-refractivity contribution < 1.29 is 4.79 Å². The minimum atomic E-state index is 0.209. The molecule has 0 aromatic rings. The molecule has 0 radical (unpaired) electrons. The van der Waals surface area contributed by atoms with Crippen molar-refractivity contribution in [2.24, 2.45) is 5.92 Å². The third-order valence-corrected chi connectivity index (χ3v) is 5.50. The minimum Gasteiger partial charge on any atom is -0.356 e. The maximum atomic E-state index is 12.0. The molecule has 0 aromatic heterocycles. The van der Waals surface area contributed by atoms with Gasteiger partial charge in [-0.05, 0) is 25.8 Å². The molecule has 3 nitrogen and oxygen atoms in total. The summed E-state index contributed by atoms with van der Waals surface area (Å²) in [6, 6.07) is 0. The Kier molecular flexibility index (Phi) is 15.2. The molecule has 0 saturated carbocycles. The monoisotopic (exact) mass is 352 g/mol. The second kappa shape index (κ2) is 16.9. The molecule has 1 aliphatic heterocycles. The Morgan fingerprint density at radius 1 is 0.840 bits per heavy atom. The van der Waals surface area contributed by atoms with E-state index >= 15 is 0 Å². The van der Waals surface area contributed by atoms with E-state index in [-0.39, 0.29) is 11.8 Å². The van der Waals surface area contributed by atoms with E-state index in [9.17, 15) is 4.79 Å². The van der Waals surface area contributed by atoms with Crippen LogP contribution in [0.25, 0.3) is 0 Å². The van der Waals surface area contributed by atoms with Gasteiger partial charge in [0.05, 0.1) is 5.92 Å². The summed E-state index contributed by atoms with van der Waals surface area (Å²) < 4.78 is 0. The van der Waals surface area contributed by atoms with E-state index in [1.807, 2.05) is 0 Å². The Labute approximate surface area is 157 Å². The largest absolute Gasteiger partial charge is 0.356 e. The van der Waals surface area contributed by atoms with Gasteiger partial charge in [0.15, 0.2) is 0 Å². The standard InChI is InChI=1S/C22H44N2O/c1-2-3-4-5-6-7-8-9-10-11-12-13-14-15-19-24-22(25)21-17-16-18-23-20-21/h21,23H,2-20H2,1H3,(H,24,25). The highest BCUT2D eigenvalue weighted by atomic mass is 16.1. The molecule has 1 atom stereocenters. The molecule has 1 fully saturated rings. The lowest BCUT2D eigenvalue weighted by Gasteiger charge is -2.21. The molecule has 1 saturated heterocycles. The van der Waals surface area contributed by atoms with Crippen molar-refractivity contribution in [2.75, 3.05) is 19.6 Å². The normalized spacial score (nSPS) is 17.6. The van der Waals surface area contributed by atoms with Crippen LogP contribution >= 0.6 is 0 Å². The van der Waals surface area contributed by atoms with Crippen LogP contribution in [0.2, 0.25) is 0 Å². The average Bonchev–Trinajstić information content (AvgIpc) is 2.65. The summed E-state index contributed by atoms with van der Waals surface area (Å²) in [4.78, 5) is 12.0. The number of amides is 1. The predicted octanol–water partition coefficient (Wildman–Crippen LogP) is 5.58. The van der Waals surface area contributed by atoms with Crippen LogP contribution in [-0.4, -0.2) is 25.5 Å². The molecular formula is C22H44N2O. The van der Waals surface area contributed by atoms with Gasteiger partial charge in [-0.3, -0.25) is 4.79 Å². The zero-order chi connectivity index (χ0) is 18.0. The molecule has 0 aromatic carbocycles. The first-order valence-corrected chi connectivity index (χ1v) is 11.3. The second-order valence-electron chi connectivity index (χ2n) is 7.93. The van der Waals surface area contributed by atoms with Gasteiger partial charge in [0.25, 0.3) is 0 Å². The smallest absolute Gasteiger partial charge is 0.224 e. The number of carbonyl (C=O) groups excluding carboxylic acids is 1. The Hall–Kier alpha value is -0.570. The maximum absolute atomic E-state index is 12.0. The predicted molar refractivity (Wildman–Crippen MR) is 109 cm³/mol. The number of carbonyl (C=O) groups is 1. The third-order valence-electron chi connectivity index (χ3n) is 5.50. The summed E-state index contributed by atoms with van der Waals surface area (Å²) in [6.07, 6.45) is 21.5. The fourth-order valence-corrected chi connectivity index (χ4v) is 3.75. The Balaban J connectivity index is 1.73. The molecule has 148 valence electrons. The topological polar surface area (TPSA) is 41.1 Å².